The van der Waals surface area contributed by atoms with Crippen LogP contribution in [0.4, 0.5) is 5.69 Å². The third kappa shape index (κ3) is 3.08. The van der Waals surface area contributed by atoms with Crippen molar-refractivity contribution in [1.82, 2.24) is 0 Å². The van der Waals surface area contributed by atoms with E-state index < -0.39 is 25.2 Å². The van der Waals surface area contributed by atoms with Crippen LogP contribution >= 0.6 is 7.75 Å². The number of para-hydroxylation sites is 1. The number of anilines is 1. The van der Waals surface area contributed by atoms with Crippen LogP contribution in [-0.2, 0) is 14.9 Å². The van der Waals surface area contributed by atoms with Crippen molar-refractivity contribution in [3.05, 3.63) is 66.2 Å². The smallest absolute Gasteiger partial charge is 0.431 e. The van der Waals surface area contributed by atoms with Crippen LogP contribution in [0.25, 0.3) is 0 Å². The van der Waals surface area contributed by atoms with Gasteiger partial charge in [0.2, 0.25) is 0 Å². The largest absolute Gasteiger partial charge is 0.479 e. The van der Waals surface area contributed by atoms with Crippen LogP contribution in [0.5, 0.6) is 0 Å². The predicted molar refractivity (Wildman–Crippen MR) is 91.6 cm³/mol. The van der Waals surface area contributed by atoms with Crippen molar-refractivity contribution in [2.45, 2.75) is 19.4 Å². The zero-order chi connectivity index (χ0) is 18.0. The zero-order valence-corrected chi connectivity index (χ0v) is 14.3. The molecular weight excluding hydrogens is 329 g/mol. The molecule has 0 heterocycles. The van der Waals surface area contributed by atoms with Crippen LogP contribution in [0.1, 0.15) is 19.4 Å². The normalized spacial score (nSPS) is 14.2. The van der Waals surface area contributed by atoms with Crippen molar-refractivity contribution in [2.75, 3.05) is 4.67 Å². The molecule has 2 aromatic rings. The second-order valence-corrected chi connectivity index (χ2v) is 7.18. The van der Waals surface area contributed by atoms with Crippen molar-refractivity contribution >= 4 is 19.4 Å². The van der Waals surface area contributed by atoms with Gasteiger partial charge in [-0.25, -0.2) is 9.36 Å². The first kappa shape index (κ1) is 18.2. The summed E-state index contributed by atoms with van der Waals surface area (Å²) in [7, 11) is -4.94. The summed E-state index contributed by atoms with van der Waals surface area (Å²) in [5, 5.41) is 10.1. The molecule has 0 saturated heterocycles. The van der Waals surface area contributed by atoms with E-state index in [0.29, 0.717) is 10.2 Å². The Hall–Kier alpha value is -2.14. The quantitative estimate of drug-likeness (QED) is 0.693. The number of nitrogens with zero attached hydrogens (tertiary/aromatic N) is 1. The molecule has 7 heteroatoms. The summed E-state index contributed by atoms with van der Waals surface area (Å²) in [6.07, 6.45) is 0. The fourth-order valence-electron chi connectivity index (χ4n) is 2.98. The fraction of sp³-hybridized carbons (Fsp3) is 0.235. The molecule has 1 atom stereocenters. The highest BCUT2D eigenvalue weighted by Gasteiger charge is 2.54. The number of hydrogen-bond acceptors (Lipinski definition) is 2. The van der Waals surface area contributed by atoms with Crippen molar-refractivity contribution < 1.29 is 24.3 Å². The van der Waals surface area contributed by atoms with Crippen LogP contribution in [0, 0.1) is 5.92 Å². The number of carboxylic acid groups (broad SMARTS) is 1. The number of carbonyl (C=O) groups is 1. The van der Waals surface area contributed by atoms with Crippen molar-refractivity contribution in [3.8, 4) is 0 Å². The van der Waals surface area contributed by atoms with Crippen molar-refractivity contribution in [3.63, 3.8) is 0 Å². The molecule has 0 saturated carbocycles. The van der Waals surface area contributed by atoms with Crippen LogP contribution in [0.3, 0.4) is 0 Å². The standard InChI is InChI=1S/C17H20NO5P/c1-13(2)17(16(19)20,14-9-5-3-6-10-14)18(24(21,22)23)15-11-7-4-8-12-15/h3-13H,1-2H3,(H,19,20)(H2,21,22,23). The third-order valence-electron chi connectivity index (χ3n) is 3.97. The lowest BCUT2D eigenvalue weighted by Crippen LogP contribution is -2.54. The second-order valence-electron chi connectivity index (χ2n) is 5.75. The topological polar surface area (TPSA) is 98.1 Å². The summed E-state index contributed by atoms with van der Waals surface area (Å²) < 4.78 is 13.0. The Morgan fingerprint density at radius 3 is 1.83 bits per heavy atom. The van der Waals surface area contributed by atoms with Gasteiger partial charge in [-0.1, -0.05) is 62.4 Å². The average molecular weight is 349 g/mol. The molecule has 2 rings (SSSR count). The fourth-order valence-corrected chi connectivity index (χ4v) is 4.26. The van der Waals surface area contributed by atoms with Gasteiger partial charge in [-0.05, 0) is 23.6 Å². The molecular formula is C17H20NO5P. The molecule has 0 spiro atoms. The van der Waals surface area contributed by atoms with Gasteiger partial charge in [0.05, 0.1) is 0 Å². The van der Waals surface area contributed by atoms with E-state index in [1.807, 2.05) is 0 Å². The number of benzene rings is 2. The minimum Gasteiger partial charge on any atom is -0.479 e. The Labute approximate surface area is 140 Å². The molecule has 2 aromatic carbocycles. The first-order chi connectivity index (χ1) is 11.2. The first-order valence-corrected chi connectivity index (χ1v) is 8.99. The highest BCUT2D eigenvalue weighted by Crippen LogP contribution is 2.54. The highest BCUT2D eigenvalue weighted by molar-refractivity contribution is 7.53. The van der Waals surface area contributed by atoms with Gasteiger partial charge >= 0.3 is 13.7 Å². The number of carboxylic acids is 1. The van der Waals surface area contributed by atoms with Crippen molar-refractivity contribution in [1.29, 1.82) is 0 Å². The van der Waals surface area contributed by atoms with Gasteiger partial charge in [0.25, 0.3) is 0 Å². The summed E-state index contributed by atoms with van der Waals surface area (Å²) >= 11 is 0. The van der Waals surface area contributed by atoms with E-state index in [1.54, 1.807) is 62.4 Å². The molecule has 6 nitrogen and oxygen atoms in total. The van der Waals surface area contributed by atoms with Gasteiger partial charge in [0.1, 0.15) is 0 Å². The van der Waals surface area contributed by atoms with E-state index in [0.717, 1.165) is 0 Å². The summed E-state index contributed by atoms with van der Waals surface area (Å²) in [5.74, 6) is -1.94. The Balaban J connectivity index is 2.86. The first-order valence-electron chi connectivity index (χ1n) is 7.42. The molecule has 0 fully saturated rings. The summed E-state index contributed by atoms with van der Waals surface area (Å²) in [4.78, 5) is 32.3. The molecule has 24 heavy (non-hydrogen) atoms. The molecule has 0 bridgehead atoms. The minimum absolute atomic E-state index is 0.144. The van der Waals surface area contributed by atoms with E-state index in [9.17, 15) is 24.3 Å². The highest BCUT2D eigenvalue weighted by atomic mass is 31.2. The van der Waals surface area contributed by atoms with Gasteiger partial charge in [0, 0.05) is 5.69 Å². The lowest BCUT2D eigenvalue weighted by atomic mass is 9.79. The van der Waals surface area contributed by atoms with Crippen molar-refractivity contribution in [2.24, 2.45) is 5.92 Å². The molecule has 128 valence electrons. The predicted octanol–water partition coefficient (Wildman–Crippen LogP) is 3.22. The maximum atomic E-state index is 12.3. The maximum absolute atomic E-state index is 12.3. The summed E-state index contributed by atoms with van der Waals surface area (Å²) in [6.45, 7) is 3.26. The van der Waals surface area contributed by atoms with E-state index in [-0.39, 0.29) is 5.69 Å². The SMILES string of the molecule is CC(C)C(C(=O)O)(c1ccccc1)N(c1ccccc1)P(=O)(O)O. The van der Waals surface area contributed by atoms with Gasteiger partial charge in [-0.3, -0.25) is 4.67 Å². The van der Waals surface area contributed by atoms with E-state index in [4.69, 9.17) is 0 Å². The van der Waals surface area contributed by atoms with Crippen LogP contribution in [0.15, 0.2) is 60.7 Å². The van der Waals surface area contributed by atoms with Gasteiger partial charge < -0.3 is 14.9 Å². The van der Waals surface area contributed by atoms with Crippen LogP contribution < -0.4 is 4.67 Å². The van der Waals surface area contributed by atoms with Gasteiger partial charge in [0.15, 0.2) is 5.54 Å². The molecule has 1 unspecified atom stereocenters. The number of aliphatic carboxylic acids is 1. The third-order valence-corrected chi connectivity index (χ3v) is 5.04. The van der Waals surface area contributed by atoms with Gasteiger partial charge in [-0.15, -0.1) is 0 Å². The molecule has 0 aliphatic heterocycles. The Kier molecular flexibility index (Phi) is 5.13. The summed E-state index contributed by atoms with van der Waals surface area (Å²) in [6, 6.07) is 16.1. The van der Waals surface area contributed by atoms with E-state index >= 15 is 0 Å². The Bertz CT molecular complexity index is 744. The lowest BCUT2D eigenvalue weighted by Gasteiger charge is -2.44. The van der Waals surface area contributed by atoms with Gasteiger partial charge in [-0.2, -0.15) is 0 Å². The lowest BCUT2D eigenvalue weighted by molar-refractivity contribution is -0.145. The number of rotatable bonds is 6. The molecule has 0 aliphatic carbocycles. The second kappa shape index (κ2) is 6.77. The number of hydrogen-bond donors (Lipinski definition) is 3. The van der Waals surface area contributed by atoms with Crippen LogP contribution in [0.2, 0.25) is 0 Å². The Morgan fingerprint density at radius 2 is 1.46 bits per heavy atom. The molecule has 0 aliphatic rings. The average Bonchev–Trinajstić information content (AvgIpc) is 2.52. The molecule has 0 amide bonds. The zero-order valence-electron chi connectivity index (χ0n) is 13.4. The molecule has 3 N–H and O–H groups in total. The Morgan fingerprint density at radius 1 is 1.00 bits per heavy atom. The maximum Gasteiger partial charge on any atom is 0.431 e. The molecule has 0 radical (unpaired) electrons. The monoisotopic (exact) mass is 349 g/mol. The molecule has 0 aromatic heterocycles. The van der Waals surface area contributed by atoms with Crippen LogP contribution in [-0.4, -0.2) is 20.9 Å². The summed E-state index contributed by atoms with van der Waals surface area (Å²) in [5.41, 5.74) is -1.47. The minimum atomic E-state index is -4.94. The van der Waals surface area contributed by atoms with E-state index in [2.05, 4.69) is 0 Å². The van der Waals surface area contributed by atoms with E-state index in [1.165, 1.54) is 12.1 Å².